The number of carboxylic acids is 1. The fraction of sp³-hybridized carbons (Fsp3) is 0.571. The van der Waals surface area contributed by atoms with E-state index in [-0.39, 0.29) is 24.2 Å². The molecule has 0 spiro atoms. The highest BCUT2D eigenvalue weighted by Gasteiger charge is 2.41. The number of benzene rings is 1. The van der Waals surface area contributed by atoms with Gasteiger partial charge in [-0.05, 0) is 37.5 Å². The Bertz CT molecular complexity index is 670. The first kappa shape index (κ1) is 24.0. The van der Waals surface area contributed by atoms with Gasteiger partial charge in [-0.2, -0.15) is 11.8 Å². The van der Waals surface area contributed by atoms with Gasteiger partial charge in [-0.25, -0.2) is 0 Å². The highest BCUT2D eigenvalue weighted by molar-refractivity contribution is 8.00. The van der Waals surface area contributed by atoms with Crippen LogP contribution in [0.5, 0.6) is 5.75 Å². The molecule has 5 unspecified atom stereocenters. The SMILES string of the molecule is O=C(O)CCC/C=C\CC1C(O)CC(O)C1SCC(O)COc1cccc(Cl)c1. The van der Waals surface area contributed by atoms with E-state index in [1.54, 1.807) is 24.3 Å². The van der Waals surface area contributed by atoms with Crippen molar-refractivity contribution in [3.63, 3.8) is 0 Å². The summed E-state index contributed by atoms with van der Waals surface area (Å²) in [5, 5.41) is 39.8. The predicted octanol–water partition coefficient (Wildman–Crippen LogP) is 3.12. The number of unbranched alkanes of at least 4 members (excludes halogenated alkanes) is 1. The Kier molecular flexibility index (Phi) is 10.3. The maximum absolute atomic E-state index is 10.5. The van der Waals surface area contributed by atoms with Gasteiger partial charge < -0.3 is 25.2 Å². The predicted molar refractivity (Wildman–Crippen MR) is 115 cm³/mol. The van der Waals surface area contributed by atoms with E-state index in [1.807, 2.05) is 12.2 Å². The van der Waals surface area contributed by atoms with Crippen molar-refractivity contribution in [3.8, 4) is 5.75 Å². The van der Waals surface area contributed by atoms with Crippen LogP contribution in [0.1, 0.15) is 32.1 Å². The number of aliphatic carboxylic acids is 1. The normalized spacial score (nSPS) is 25.4. The van der Waals surface area contributed by atoms with E-state index in [4.69, 9.17) is 21.4 Å². The summed E-state index contributed by atoms with van der Waals surface area (Å²) in [4.78, 5) is 10.5. The van der Waals surface area contributed by atoms with Crippen molar-refractivity contribution in [2.24, 2.45) is 5.92 Å². The highest BCUT2D eigenvalue weighted by Crippen LogP contribution is 2.38. The van der Waals surface area contributed by atoms with E-state index in [1.165, 1.54) is 11.8 Å². The Hall–Kier alpha value is -1.25. The summed E-state index contributed by atoms with van der Waals surface area (Å²) >= 11 is 7.35. The molecular formula is C21H29ClO6S. The fourth-order valence-corrected chi connectivity index (χ4v) is 4.94. The number of ether oxygens (including phenoxy) is 1. The van der Waals surface area contributed by atoms with Gasteiger partial charge in [0.25, 0.3) is 0 Å². The van der Waals surface area contributed by atoms with E-state index in [0.717, 1.165) is 0 Å². The maximum Gasteiger partial charge on any atom is 0.303 e. The molecule has 8 heteroatoms. The van der Waals surface area contributed by atoms with Gasteiger partial charge in [0.15, 0.2) is 0 Å². The van der Waals surface area contributed by atoms with Crippen molar-refractivity contribution >= 4 is 29.3 Å². The Labute approximate surface area is 180 Å². The maximum atomic E-state index is 10.5. The van der Waals surface area contributed by atoms with Crippen molar-refractivity contribution in [2.45, 2.75) is 55.7 Å². The van der Waals surface area contributed by atoms with E-state index in [2.05, 4.69) is 0 Å². The average Bonchev–Trinajstić information content (AvgIpc) is 2.93. The largest absolute Gasteiger partial charge is 0.491 e. The van der Waals surface area contributed by atoms with E-state index in [0.29, 0.717) is 42.2 Å². The molecule has 1 aromatic rings. The van der Waals surface area contributed by atoms with E-state index in [9.17, 15) is 20.1 Å². The fourth-order valence-electron chi connectivity index (χ4n) is 3.35. The molecule has 1 fully saturated rings. The Balaban J connectivity index is 1.75. The summed E-state index contributed by atoms with van der Waals surface area (Å²) in [5.74, 6) is 0.0612. The zero-order valence-corrected chi connectivity index (χ0v) is 17.8. The van der Waals surface area contributed by atoms with Gasteiger partial charge in [0.1, 0.15) is 12.4 Å². The second kappa shape index (κ2) is 12.4. The van der Waals surface area contributed by atoms with Crippen LogP contribution in [-0.2, 0) is 4.79 Å². The summed E-state index contributed by atoms with van der Waals surface area (Å²) in [6.45, 7) is 0.118. The summed E-state index contributed by atoms with van der Waals surface area (Å²) < 4.78 is 5.55. The first-order chi connectivity index (χ1) is 13.9. The highest BCUT2D eigenvalue weighted by atomic mass is 35.5. The zero-order valence-electron chi connectivity index (χ0n) is 16.2. The summed E-state index contributed by atoms with van der Waals surface area (Å²) in [6.07, 6.45) is 4.28. The molecule has 1 aliphatic carbocycles. The van der Waals surface area contributed by atoms with Gasteiger partial charge >= 0.3 is 5.97 Å². The minimum atomic E-state index is -0.804. The molecule has 1 aromatic carbocycles. The standard InChI is InChI=1S/C21H29ClO6S/c22-14-6-5-7-16(10-14)28-12-15(23)13-29-21-17(18(24)11-19(21)25)8-3-1-2-4-9-20(26)27/h1,3,5-7,10,15,17-19,21,23-25H,2,4,8-9,11-13H2,(H,26,27)/b3-1-. The van der Waals surface area contributed by atoms with Crippen LogP contribution in [0.4, 0.5) is 0 Å². The van der Waals surface area contributed by atoms with Crippen molar-refractivity contribution in [2.75, 3.05) is 12.4 Å². The van der Waals surface area contributed by atoms with E-state index < -0.39 is 24.3 Å². The third kappa shape index (κ3) is 8.56. The molecule has 0 amide bonds. The van der Waals surface area contributed by atoms with Gasteiger partial charge in [-0.1, -0.05) is 29.8 Å². The number of hydrogen-bond donors (Lipinski definition) is 4. The molecule has 2 rings (SSSR count). The van der Waals surface area contributed by atoms with Crippen molar-refractivity contribution < 1.29 is 30.0 Å². The minimum absolute atomic E-state index is 0.105. The molecule has 0 aromatic heterocycles. The van der Waals surface area contributed by atoms with Crippen molar-refractivity contribution in [3.05, 3.63) is 41.4 Å². The van der Waals surface area contributed by atoms with Gasteiger partial charge in [0.05, 0.1) is 18.3 Å². The Morgan fingerprint density at radius 3 is 2.83 bits per heavy atom. The van der Waals surface area contributed by atoms with Gasteiger partial charge in [-0.3, -0.25) is 4.79 Å². The molecule has 6 nitrogen and oxygen atoms in total. The number of carboxylic acid groups (broad SMARTS) is 1. The number of allylic oxidation sites excluding steroid dienone is 2. The van der Waals surface area contributed by atoms with Crippen LogP contribution in [0.25, 0.3) is 0 Å². The average molecular weight is 445 g/mol. The Morgan fingerprint density at radius 1 is 1.31 bits per heavy atom. The topological polar surface area (TPSA) is 107 Å². The van der Waals surface area contributed by atoms with Crippen LogP contribution in [0.15, 0.2) is 36.4 Å². The van der Waals surface area contributed by atoms with Crippen LogP contribution in [-0.4, -0.2) is 62.3 Å². The number of rotatable bonds is 12. The third-order valence-electron chi connectivity index (χ3n) is 4.83. The smallest absolute Gasteiger partial charge is 0.303 e. The molecule has 0 heterocycles. The van der Waals surface area contributed by atoms with Crippen LogP contribution < -0.4 is 4.74 Å². The molecule has 0 aliphatic heterocycles. The molecule has 0 radical (unpaired) electrons. The molecule has 29 heavy (non-hydrogen) atoms. The molecule has 1 saturated carbocycles. The molecule has 0 saturated heterocycles. The first-order valence-corrected chi connectivity index (χ1v) is 11.2. The lowest BCUT2D eigenvalue weighted by Crippen LogP contribution is -2.28. The second-order valence-corrected chi connectivity index (χ2v) is 8.89. The summed E-state index contributed by atoms with van der Waals surface area (Å²) in [6, 6.07) is 6.96. The third-order valence-corrected chi connectivity index (χ3v) is 6.70. The van der Waals surface area contributed by atoms with Crippen LogP contribution in [0.2, 0.25) is 5.02 Å². The lowest BCUT2D eigenvalue weighted by atomic mass is 10.0. The second-order valence-electron chi connectivity index (χ2n) is 7.25. The number of hydrogen-bond acceptors (Lipinski definition) is 6. The molecule has 1 aliphatic rings. The minimum Gasteiger partial charge on any atom is -0.491 e. The monoisotopic (exact) mass is 444 g/mol. The zero-order chi connectivity index (χ0) is 21.2. The van der Waals surface area contributed by atoms with Gasteiger partial charge in [-0.15, -0.1) is 0 Å². The molecule has 4 N–H and O–H groups in total. The van der Waals surface area contributed by atoms with Crippen molar-refractivity contribution in [1.29, 1.82) is 0 Å². The summed E-state index contributed by atoms with van der Waals surface area (Å²) in [7, 11) is 0. The first-order valence-electron chi connectivity index (χ1n) is 9.77. The quantitative estimate of drug-likeness (QED) is 0.290. The van der Waals surface area contributed by atoms with Crippen LogP contribution in [0, 0.1) is 5.92 Å². The molecular weight excluding hydrogens is 416 g/mol. The number of thioether (sulfide) groups is 1. The number of carbonyl (C=O) groups is 1. The van der Waals surface area contributed by atoms with Crippen LogP contribution >= 0.6 is 23.4 Å². The number of aliphatic hydroxyl groups is 3. The summed E-state index contributed by atoms with van der Waals surface area (Å²) in [5.41, 5.74) is 0. The number of aliphatic hydroxyl groups excluding tert-OH is 3. The lowest BCUT2D eigenvalue weighted by Gasteiger charge is -2.23. The molecule has 5 atom stereocenters. The van der Waals surface area contributed by atoms with Crippen LogP contribution in [0.3, 0.4) is 0 Å². The van der Waals surface area contributed by atoms with Gasteiger partial charge in [0, 0.05) is 34.8 Å². The van der Waals surface area contributed by atoms with Gasteiger partial charge in [0.2, 0.25) is 0 Å². The Morgan fingerprint density at radius 2 is 2.10 bits per heavy atom. The van der Waals surface area contributed by atoms with Crippen molar-refractivity contribution in [1.82, 2.24) is 0 Å². The van der Waals surface area contributed by atoms with E-state index >= 15 is 0 Å². The number of halogens is 1. The lowest BCUT2D eigenvalue weighted by molar-refractivity contribution is -0.137. The molecule has 0 bridgehead atoms. The molecule has 162 valence electrons.